The quantitative estimate of drug-likeness (QED) is 0.593. The number of benzene rings is 1. The molecule has 0 unspecified atom stereocenters. The van der Waals surface area contributed by atoms with Crippen molar-refractivity contribution < 1.29 is 18.1 Å². The molecule has 2 aromatic rings. The lowest BCUT2D eigenvalue weighted by Gasteiger charge is -2.26. The predicted octanol–water partition coefficient (Wildman–Crippen LogP) is 0.651. The number of rotatable bonds is 3. The van der Waals surface area contributed by atoms with Gasteiger partial charge in [-0.1, -0.05) is 0 Å². The van der Waals surface area contributed by atoms with E-state index in [0.717, 1.165) is 0 Å². The molecular formula is C14H14N4O5S. The summed E-state index contributed by atoms with van der Waals surface area (Å²) in [6.07, 6.45) is 4.50. The van der Waals surface area contributed by atoms with Gasteiger partial charge in [0.05, 0.1) is 22.8 Å². The van der Waals surface area contributed by atoms with Crippen molar-refractivity contribution in [1.82, 2.24) is 14.5 Å². The fourth-order valence-corrected chi connectivity index (χ4v) is 3.72. The Kier molecular flexibility index (Phi) is 4.06. The summed E-state index contributed by atoms with van der Waals surface area (Å²) in [6.45, 7) is 0.191. The fourth-order valence-electron chi connectivity index (χ4n) is 2.52. The molecule has 1 aromatic carbocycles. The number of hydrogen-bond donors (Lipinski definition) is 0. The number of nitro benzene ring substituents is 1. The van der Waals surface area contributed by atoms with Crippen molar-refractivity contribution in [3.63, 3.8) is 0 Å². The van der Waals surface area contributed by atoms with Crippen LogP contribution in [0.1, 0.15) is 10.4 Å². The van der Waals surface area contributed by atoms with Crippen molar-refractivity contribution in [3.05, 3.63) is 52.6 Å². The van der Waals surface area contributed by atoms with Gasteiger partial charge in [-0.2, -0.15) is 0 Å². The molecule has 0 bridgehead atoms. The van der Waals surface area contributed by atoms with Gasteiger partial charge in [0.25, 0.3) is 11.6 Å². The summed E-state index contributed by atoms with van der Waals surface area (Å²) in [5.41, 5.74) is 0.239. The number of nitro groups is 1. The Morgan fingerprint density at radius 1 is 1.25 bits per heavy atom. The Labute approximate surface area is 137 Å². The molecule has 3 rings (SSSR count). The van der Waals surface area contributed by atoms with Crippen LogP contribution in [0.5, 0.6) is 0 Å². The molecule has 0 radical (unpaired) electrons. The minimum atomic E-state index is -3.10. The second-order valence-corrected chi connectivity index (χ2v) is 7.68. The van der Waals surface area contributed by atoms with E-state index in [2.05, 4.69) is 4.98 Å². The SMILES string of the molecule is O=C(c1ccc(-n2ccnc2)c([N+](=O)[O-])c1)N1CCS(=O)(=O)CC1. The second-order valence-electron chi connectivity index (χ2n) is 5.37. The summed E-state index contributed by atoms with van der Waals surface area (Å²) in [4.78, 5) is 28.5. The summed E-state index contributed by atoms with van der Waals surface area (Å²) >= 11 is 0. The number of amides is 1. The molecule has 0 saturated carbocycles. The van der Waals surface area contributed by atoms with Gasteiger partial charge in [-0.15, -0.1) is 0 Å². The summed E-state index contributed by atoms with van der Waals surface area (Å²) < 4.78 is 24.4. The maximum absolute atomic E-state index is 12.5. The molecule has 24 heavy (non-hydrogen) atoms. The number of imidazole rings is 1. The van der Waals surface area contributed by atoms with Gasteiger partial charge in [0, 0.05) is 37.1 Å². The molecule has 1 saturated heterocycles. The van der Waals surface area contributed by atoms with E-state index in [9.17, 15) is 23.3 Å². The minimum Gasteiger partial charge on any atom is -0.337 e. The number of carbonyl (C=O) groups is 1. The topological polar surface area (TPSA) is 115 Å². The first-order chi connectivity index (χ1) is 11.4. The molecule has 2 heterocycles. The van der Waals surface area contributed by atoms with Gasteiger partial charge >= 0.3 is 0 Å². The number of hydrogen-bond acceptors (Lipinski definition) is 6. The molecule has 1 aliphatic rings. The summed E-state index contributed by atoms with van der Waals surface area (Å²) in [5.74, 6) is -0.591. The monoisotopic (exact) mass is 350 g/mol. The smallest absolute Gasteiger partial charge is 0.294 e. The van der Waals surface area contributed by atoms with Gasteiger partial charge in [-0.3, -0.25) is 14.9 Å². The average Bonchev–Trinajstić information content (AvgIpc) is 3.08. The van der Waals surface area contributed by atoms with E-state index in [4.69, 9.17) is 0 Å². The predicted molar refractivity (Wildman–Crippen MR) is 84.8 cm³/mol. The molecule has 10 heteroatoms. The molecule has 0 spiro atoms. The highest BCUT2D eigenvalue weighted by Gasteiger charge is 2.27. The first-order valence-corrected chi connectivity index (χ1v) is 8.96. The number of aromatic nitrogens is 2. The summed E-state index contributed by atoms with van der Waals surface area (Å²) in [5, 5.41) is 11.3. The zero-order chi connectivity index (χ0) is 17.3. The normalized spacial score (nSPS) is 16.8. The van der Waals surface area contributed by atoms with Crippen molar-refractivity contribution in [2.24, 2.45) is 0 Å². The standard InChI is InChI=1S/C14H14N4O5S/c19-14(16-5-7-24(22,23)8-6-16)11-1-2-12(13(9-11)18(20)21)17-4-3-15-10-17/h1-4,9-10H,5-8H2. The van der Waals surface area contributed by atoms with E-state index in [0.29, 0.717) is 5.69 Å². The van der Waals surface area contributed by atoms with Crippen molar-refractivity contribution in [1.29, 1.82) is 0 Å². The maximum Gasteiger partial charge on any atom is 0.294 e. The first kappa shape index (κ1) is 16.1. The van der Waals surface area contributed by atoms with Crippen LogP contribution in [-0.2, 0) is 9.84 Å². The molecule has 9 nitrogen and oxygen atoms in total. The van der Waals surface area contributed by atoms with E-state index in [1.807, 2.05) is 0 Å². The van der Waals surface area contributed by atoms with E-state index in [-0.39, 0.29) is 35.8 Å². The van der Waals surface area contributed by atoms with Gasteiger partial charge in [0.1, 0.15) is 5.69 Å². The number of carbonyl (C=O) groups excluding carboxylic acids is 1. The molecule has 0 atom stereocenters. The van der Waals surface area contributed by atoms with Gasteiger partial charge < -0.3 is 9.47 Å². The molecule has 1 aromatic heterocycles. The van der Waals surface area contributed by atoms with Crippen LogP contribution in [0.2, 0.25) is 0 Å². The largest absolute Gasteiger partial charge is 0.337 e. The minimum absolute atomic E-state index is 0.0893. The Bertz CT molecular complexity index is 878. The van der Waals surface area contributed by atoms with Crippen LogP contribution < -0.4 is 0 Å². The van der Waals surface area contributed by atoms with Crippen molar-refractivity contribution in [2.45, 2.75) is 0 Å². The fraction of sp³-hybridized carbons (Fsp3) is 0.286. The Balaban J connectivity index is 1.91. The Hall–Kier alpha value is -2.75. The van der Waals surface area contributed by atoms with Crippen LogP contribution in [0.3, 0.4) is 0 Å². The van der Waals surface area contributed by atoms with E-state index in [1.54, 1.807) is 6.20 Å². The molecule has 1 fully saturated rings. The van der Waals surface area contributed by atoms with Crippen LogP contribution in [-0.4, -0.2) is 58.3 Å². The van der Waals surface area contributed by atoms with E-state index in [1.165, 1.54) is 40.2 Å². The molecule has 1 amide bonds. The number of sulfone groups is 1. The second kappa shape index (κ2) is 6.04. The van der Waals surface area contributed by atoms with Crippen molar-refractivity contribution >= 4 is 21.4 Å². The first-order valence-electron chi connectivity index (χ1n) is 7.14. The highest BCUT2D eigenvalue weighted by atomic mass is 32.2. The lowest BCUT2D eigenvalue weighted by molar-refractivity contribution is -0.384. The molecular weight excluding hydrogens is 336 g/mol. The summed E-state index contributed by atoms with van der Waals surface area (Å²) in [7, 11) is -3.10. The Morgan fingerprint density at radius 3 is 2.54 bits per heavy atom. The van der Waals surface area contributed by atoms with Crippen LogP contribution in [0.25, 0.3) is 5.69 Å². The lowest BCUT2D eigenvalue weighted by atomic mass is 10.1. The van der Waals surface area contributed by atoms with Crippen molar-refractivity contribution in [2.75, 3.05) is 24.6 Å². The van der Waals surface area contributed by atoms with Gasteiger partial charge in [-0.25, -0.2) is 13.4 Å². The van der Waals surface area contributed by atoms with Gasteiger partial charge in [-0.05, 0) is 12.1 Å². The molecule has 1 aliphatic heterocycles. The Morgan fingerprint density at radius 2 is 1.96 bits per heavy atom. The van der Waals surface area contributed by atoms with Crippen LogP contribution in [0, 0.1) is 10.1 Å². The van der Waals surface area contributed by atoms with Crippen LogP contribution in [0.4, 0.5) is 5.69 Å². The van der Waals surface area contributed by atoms with E-state index < -0.39 is 20.7 Å². The molecule has 0 aliphatic carbocycles. The third-order valence-corrected chi connectivity index (χ3v) is 5.44. The zero-order valence-electron chi connectivity index (χ0n) is 12.5. The average molecular weight is 350 g/mol. The van der Waals surface area contributed by atoms with Crippen LogP contribution in [0.15, 0.2) is 36.9 Å². The third-order valence-electron chi connectivity index (χ3n) is 3.83. The molecule has 126 valence electrons. The van der Waals surface area contributed by atoms with Gasteiger partial charge in [0.2, 0.25) is 0 Å². The zero-order valence-corrected chi connectivity index (χ0v) is 13.3. The lowest BCUT2D eigenvalue weighted by Crippen LogP contribution is -2.43. The maximum atomic E-state index is 12.5. The van der Waals surface area contributed by atoms with Gasteiger partial charge in [0.15, 0.2) is 9.84 Å². The summed E-state index contributed by atoms with van der Waals surface area (Å²) in [6, 6.07) is 4.18. The third kappa shape index (κ3) is 3.13. The highest BCUT2D eigenvalue weighted by Crippen LogP contribution is 2.25. The van der Waals surface area contributed by atoms with E-state index >= 15 is 0 Å². The number of nitrogens with zero attached hydrogens (tertiary/aromatic N) is 4. The van der Waals surface area contributed by atoms with Crippen molar-refractivity contribution in [3.8, 4) is 5.69 Å². The highest BCUT2D eigenvalue weighted by molar-refractivity contribution is 7.91. The molecule has 0 N–H and O–H groups in total. The van der Waals surface area contributed by atoms with Crippen LogP contribution >= 0.6 is 0 Å².